The molecule has 2 aromatic carbocycles. The summed E-state index contributed by atoms with van der Waals surface area (Å²) in [6.07, 6.45) is 11.3. The maximum atomic E-state index is 13.5. The van der Waals surface area contributed by atoms with E-state index in [4.69, 9.17) is 14.6 Å². The number of hydrogen-bond donors (Lipinski definition) is 2. The number of fused-ring (bicyclic) bond motifs is 2. The number of aliphatic carboxylic acids is 1. The van der Waals surface area contributed by atoms with Crippen LogP contribution in [0, 0.1) is 0 Å². The van der Waals surface area contributed by atoms with Crippen molar-refractivity contribution in [3.05, 3.63) is 88.2 Å². The van der Waals surface area contributed by atoms with Crippen molar-refractivity contribution in [2.24, 2.45) is 0 Å². The second-order valence-electron chi connectivity index (χ2n) is 17.0. The van der Waals surface area contributed by atoms with Gasteiger partial charge in [-0.25, -0.2) is 38.4 Å². The highest BCUT2D eigenvalue weighted by Gasteiger charge is 2.44. The Bertz CT molecular complexity index is 2560. The number of anilines is 1. The summed E-state index contributed by atoms with van der Waals surface area (Å²) < 4.78 is 148. The lowest BCUT2D eigenvalue weighted by molar-refractivity contribution is -0.137. The van der Waals surface area contributed by atoms with Crippen molar-refractivity contribution in [1.29, 1.82) is 0 Å². The molecule has 0 bridgehead atoms. The molecular weight excluding hydrogens is 925 g/mol. The van der Waals surface area contributed by atoms with Gasteiger partial charge in [0.1, 0.15) is 10.1 Å². The SMILES string of the molecule is COCCNS(=O)(=O)c1ccc2c(c1)C(C)(CCCS(=O)(=O)[O-])C(/C=C/C=C1/N(CCOC)c3ccc(S(=O)(=O)[O-])cc3C1(C)CCCS(=O)(=O)[O-])=C(CCCCCCCCC(=O)O)C2. The number of unbranched alkanes of at least 4 members (excludes halogenated alkanes) is 5. The van der Waals surface area contributed by atoms with Gasteiger partial charge < -0.3 is 33.1 Å². The van der Waals surface area contributed by atoms with E-state index in [0.29, 0.717) is 41.8 Å². The van der Waals surface area contributed by atoms with Crippen molar-refractivity contribution >= 4 is 52.0 Å². The summed E-state index contributed by atoms with van der Waals surface area (Å²) in [5, 5.41) is 9.00. The van der Waals surface area contributed by atoms with E-state index in [9.17, 15) is 52.1 Å². The molecule has 0 saturated carbocycles. The number of rotatable bonds is 28. The molecule has 364 valence electrons. The second kappa shape index (κ2) is 23.0. The maximum Gasteiger partial charge on any atom is 0.303 e. The van der Waals surface area contributed by atoms with Crippen LogP contribution in [0.4, 0.5) is 5.69 Å². The third-order valence-electron chi connectivity index (χ3n) is 12.3. The Morgan fingerprint density at radius 2 is 1.35 bits per heavy atom. The number of carbonyl (C=O) groups is 1. The van der Waals surface area contributed by atoms with Gasteiger partial charge in [0.2, 0.25) is 10.0 Å². The van der Waals surface area contributed by atoms with E-state index in [1.165, 1.54) is 38.5 Å². The number of methoxy groups -OCH3 is 2. The van der Waals surface area contributed by atoms with Crippen LogP contribution >= 0.6 is 0 Å². The fourth-order valence-corrected chi connectivity index (χ4v) is 11.6. The zero-order valence-corrected chi connectivity index (χ0v) is 40.6. The lowest BCUT2D eigenvalue weighted by Gasteiger charge is -2.40. The molecule has 0 saturated heterocycles. The smallest absolute Gasteiger partial charge is 0.303 e. The third-order valence-corrected chi connectivity index (χ3v) is 16.1. The molecule has 65 heavy (non-hydrogen) atoms. The van der Waals surface area contributed by atoms with Gasteiger partial charge in [0.15, 0.2) is 0 Å². The molecule has 1 aliphatic heterocycles. The molecule has 21 heteroatoms. The highest BCUT2D eigenvalue weighted by molar-refractivity contribution is 7.89. The fraction of sp³-hybridized carbons (Fsp3) is 0.568. The van der Waals surface area contributed by atoms with Crippen molar-refractivity contribution in [3.63, 3.8) is 0 Å². The van der Waals surface area contributed by atoms with E-state index in [2.05, 4.69) is 4.72 Å². The first-order valence-corrected chi connectivity index (χ1v) is 27.6. The molecule has 0 amide bonds. The van der Waals surface area contributed by atoms with Crippen molar-refractivity contribution in [2.75, 3.05) is 56.9 Å². The summed E-state index contributed by atoms with van der Waals surface area (Å²) in [6.45, 7) is 4.29. The Morgan fingerprint density at radius 3 is 1.95 bits per heavy atom. The molecule has 0 aromatic heterocycles. The molecule has 4 rings (SSSR count). The first-order valence-electron chi connectivity index (χ1n) is 21.6. The van der Waals surface area contributed by atoms with E-state index in [-0.39, 0.29) is 63.3 Å². The minimum Gasteiger partial charge on any atom is -0.748 e. The van der Waals surface area contributed by atoms with E-state index < -0.39 is 73.6 Å². The normalized spacial score (nSPS) is 19.9. The monoisotopic (exact) mass is 985 g/mol. The van der Waals surface area contributed by atoms with Crippen LogP contribution in [-0.2, 0) is 71.9 Å². The van der Waals surface area contributed by atoms with Crippen LogP contribution in [0.3, 0.4) is 0 Å². The molecule has 2 N–H and O–H groups in total. The zero-order valence-electron chi connectivity index (χ0n) is 37.4. The number of hydrogen-bond acceptors (Lipinski definition) is 15. The summed E-state index contributed by atoms with van der Waals surface area (Å²) in [6, 6.07) is 8.83. The standard InChI is InChI=1S/C44H64N2O15S4/c1-43(22-12-28-62(49,50)51)37(33(14-9-7-5-6-8-10-17-42(47)48)30-34-18-19-35(31-38(34)43)64(55,56)45-24-26-60-3)15-11-16-41-44(2,23-13-29-63(52,53)54)39-32-36(65(57,58)59)20-21-40(39)46(41)25-27-61-4/h11,15-16,18-21,31-32,45H,5-10,12-14,17,22-30H2,1-4H3,(H,47,48)(H,49,50,51)(H,52,53,54)(H,57,58,59)/p-3/b15-11+,41-16+. The van der Waals surface area contributed by atoms with Gasteiger partial charge in [-0.2, -0.15) is 0 Å². The number of carboxylic acids is 1. The van der Waals surface area contributed by atoms with Crippen LogP contribution in [-0.4, -0.2) is 110 Å². The molecule has 2 atom stereocenters. The van der Waals surface area contributed by atoms with E-state index in [0.717, 1.165) is 48.8 Å². The topological polar surface area (TPSA) is 277 Å². The lowest BCUT2D eigenvalue weighted by atomic mass is 9.64. The van der Waals surface area contributed by atoms with Crippen molar-refractivity contribution < 1.29 is 66.7 Å². The van der Waals surface area contributed by atoms with Gasteiger partial charge in [-0.05, 0) is 117 Å². The van der Waals surface area contributed by atoms with Crippen molar-refractivity contribution in [2.45, 2.75) is 118 Å². The summed E-state index contributed by atoms with van der Waals surface area (Å²) in [7, 11) is -15.2. The highest BCUT2D eigenvalue weighted by atomic mass is 32.2. The van der Waals surface area contributed by atoms with Gasteiger partial charge in [0.25, 0.3) is 0 Å². The largest absolute Gasteiger partial charge is 0.748 e. The van der Waals surface area contributed by atoms with Gasteiger partial charge in [0, 0.05) is 67.5 Å². The summed E-state index contributed by atoms with van der Waals surface area (Å²) in [5.41, 5.74) is 2.64. The molecule has 0 radical (unpaired) electrons. The quantitative estimate of drug-likeness (QED) is 0.0803. The minimum absolute atomic E-state index is 0.0142. The number of sulfonamides is 1. The van der Waals surface area contributed by atoms with E-state index in [1.807, 2.05) is 17.9 Å². The number of carboxylic acid groups (broad SMARTS) is 1. The Kier molecular flexibility index (Phi) is 19.1. The summed E-state index contributed by atoms with van der Waals surface area (Å²) in [5.74, 6) is -2.18. The number of allylic oxidation sites excluding steroid dienone is 6. The zero-order chi connectivity index (χ0) is 48.3. The first-order chi connectivity index (χ1) is 30.4. The number of ether oxygens (including phenoxy) is 2. The maximum absolute atomic E-state index is 13.5. The predicted octanol–water partition coefficient (Wildman–Crippen LogP) is 5.35. The molecule has 1 aliphatic carbocycles. The van der Waals surface area contributed by atoms with Gasteiger partial charge >= 0.3 is 5.97 Å². The Morgan fingerprint density at radius 1 is 0.769 bits per heavy atom. The molecule has 0 fully saturated rings. The van der Waals surface area contributed by atoms with E-state index in [1.54, 1.807) is 31.2 Å². The van der Waals surface area contributed by atoms with Crippen LogP contribution < -0.4 is 9.62 Å². The second-order valence-corrected chi connectivity index (χ2v) is 23.2. The van der Waals surface area contributed by atoms with Gasteiger partial charge in [-0.15, -0.1) is 0 Å². The number of nitrogens with one attached hydrogen (secondary N) is 1. The third kappa shape index (κ3) is 15.0. The highest BCUT2D eigenvalue weighted by Crippen LogP contribution is 2.52. The van der Waals surface area contributed by atoms with E-state index >= 15 is 0 Å². The number of benzene rings is 2. The number of nitrogens with zero attached hydrogens (tertiary/aromatic N) is 1. The van der Waals surface area contributed by atoms with Gasteiger partial charge in [0.05, 0.1) is 43.2 Å². The average molecular weight is 986 g/mol. The van der Waals surface area contributed by atoms with Crippen LogP contribution in [0.1, 0.15) is 108 Å². The van der Waals surface area contributed by atoms with Crippen LogP contribution in [0.5, 0.6) is 0 Å². The van der Waals surface area contributed by atoms with Crippen LogP contribution in [0.2, 0.25) is 0 Å². The predicted molar refractivity (Wildman–Crippen MR) is 242 cm³/mol. The Hall–Kier alpha value is -3.51. The Balaban J connectivity index is 1.91. The van der Waals surface area contributed by atoms with Crippen molar-refractivity contribution in [1.82, 2.24) is 4.72 Å². The van der Waals surface area contributed by atoms with Crippen LogP contribution in [0.15, 0.2) is 81.3 Å². The molecule has 2 aliphatic rings. The molecular formula is C44H61N2O15S4-3. The molecule has 2 aromatic rings. The fourth-order valence-electron chi connectivity index (χ4n) is 9.04. The molecule has 2 unspecified atom stereocenters. The van der Waals surface area contributed by atoms with Crippen LogP contribution in [0.25, 0.3) is 0 Å². The summed E-state index contributed by atoms with van der Waals surface area (Å²) in [4.78, 5) is 12.3. The molecule has 1 heterocycles. The van der Waals surface area contributed by atoms with Crippen molar-refractivity contribution in [3.8, 4) is 0 Å². The van der Waals surface area contributed by atoms with Gasteiger partial charge in [-0.1, -0.05) is 56.4 Å². The lowest BCUT2D eigenvalue weighted by Crippen LogP contribution is -2.33. The van der Waals surface area contributed by atoms with Gasteiger partial charge in [-0.3, -0.25) is 4.79 Å². The molecule has 0 spiro atoms. The molecule has 17 nitrogen and oxygen atoms in total. The average Bonchev–Trinajstić information content (AvgIpc) is 3.43. The first kappa shape index (κ1) is 54.1. The Labute approximate surface area is 384 Å². The minimum atomic E-state index is -4.90. The summed E-state index contributed by atoms with van der Waals surface area (Å²) >= 11 is 0.